The van der Waals surface area contributed by atoms with Crippen molar-refractivity contribution in [3.8, 4) is 0 Å². The monoisotopic (exact) mass is 289 g/mol. The molecule has 1 rings (SSSR count). The molecule has 0 fully saturated rings. The van der Waals surface area contributed by atoms with Crippen molar-refractivity contribution in [1.82, 2.24) is 5.32 Å². The van der Waals surface area contributed by atoms with Crippen LogP contribution in [0.2, 0.25) is 0 Å². The lowest BCUT2D eigenvalue weighted by Gasteiger charge is -2.16. The van der Waals surface area contributed by atoms with Crippen LogP contribution in [0.15, 0.2) is 22.7 Å². The molecule has 0 aliphatic rings. The zero-order valence-corrected chi connectivity index (χ0v) is 11.2. The predicted molar refractivity (Wildman–Crippen MR) is 66.9 cm³/mol. The third kappa shape index (κ3) is 4.20. The zero-order chi connectivity index (χ0) is 12.0. The highest BCUT2D eigenvalue weighted by Crippen LogP contribution is 2.15. The van der Waals surface area contributed by atoms with E-state index in [0.29, 0.717) is 18.7 Å². The predicted octanol–water partition coefficient (Wildman–Crippen LogP) is 3.10. The van der Waals surface area contributed by atoms with E-state index in [1.807, 2.05) is 0 Å². The minimum absolute atomic E-state index is 0.178. The third-order valence-electron chi connectivity index (χ3n) is 2.45. The van der Waals surface area contributed by atoms with Crippen molar-refractivity contribution in [2.45, 2.75) is 25.9 Å². The molecule has 0 amide bonds. The first-order valence-electron chi connectivity index (χ1n) is 5.33. The van der Waals surface area contributed by atoms with Gasteiger partial charge in [-0.1, -0.05) is 22.9 Å². The molecule has 1 atom stereocenters. The van der Waals surface area contributed by atoms with Crippen LogP contribution in [-0.4, -0.2) is 19.8 Å². The van der Waals surface area contributed by atoms with E-state index >= 15 is 0 Å². The summed E-state index contributed by atoms with van der Waals surface area (Å²) < 4.78 is 19.4. The standard InChI is InChI=1S/C12H17BrFNO/c1-3-11(8-16-2)15-7-9-6-10(13)4-5-12(9)14/h4-6,11,15H,3,7-8H2,1-2H3. The number of rotatable bonds is 6. The van der Waals surface area contributed by atoms with Gasteiger partial charge in [0, 0.05) is 29.7 Å². The topological polar surface area (TPSA) is 21.3 Å². The third-order valence-corrected chi connectivity index (χ3v) is 2.94. The van der Waals surface area contributed by atoms with Gasteiger partial charge in [0.05, 0.1) is 6.61 Å². The van der Waals surface area contributed by atoms with E-state index in [4.69, 9.17) is 4.74 Å². The van der Waals surface area contributed by atoms with Crippen molar-refractivity contribution in [3.05, 3.63) is 34.1 Å². The maximum atomic E-state index is 13.4. The lowest BCUT2D eigenvalue weighted by atomic mass is 10.2. The largest absolute Gasteiger partial charge is 0.383 e. The fraction of sp³-hybridized carbons (Fsp3) is 0.500. The van der Waals surface area contributed by atoms with Gasteiger partial charge in [0.2, 0.25) is 0 Å². The fourth-order valence-corrected chi connectivity index (χ4v) is 1.86. The molecule has 0 saturated carbocycles. The van der Waals surface area contributed by atoms with Crippen LogP contribution in [0.4, 0.5) is 4.39 Å². The van der Waals surface area contributed by atoms with Gasteiger partial charge in [-0.15, -0.1) is 0 Å². The summed E-state index contributed by atoms with van der Waals surface area (Å²) in [5, 5.41) is 3.27. The Kier molecular flexibility index (Phi) is 5.95. The molecule has 1 N–H and O–H groups in total. The van der Waals surface area contributed by atoms with Crippen LogP contribution in [0.25, 0.3) is 0 Å². The van der Waals surface area contributed by atoms with Crippen LogP contribution in [0.5, 0.6) is 0 Å². The molecular weight excluding hydrogens is 273 g/mol. The lowest BCUT2D eigenvalue weighted by molar-refractivity contribution is 0.163. The van der Waals surface area contributed by atoms with Crippen molar-refractivity contribution in [3.63, 3.8) is 0 Å². The summed E-state index contributed by atoms with van der Waals surface area (Å²) in [6.45, 7) is 3.24. The van der Waals surface area contributed by atoms with Crippen LogP contribution in [-0.2, 0) is 11.3 Å². The summed E-state index contributed by atoms with van der Waals surface area (Å²) >= 11 is 3.33. The summed E-state index contributed by atoms with van der Waals surface area (Å²) in [4.78, 5) is 0. The van der Waals surface area contributed by atoms with Gasteiger partial charge in [-0.2, -0.15) is 0 Å². The van der Waals surface area contributed by atoms with Crippen molar-refractivity contribution >= 4 is 15.9 Å². The molecule has 1 aromatic carbocycles. The molecule has 0 aromatic heterocycles. The molecule has 16 heavy (non-hydrogen) atoms. The van der Waals surface area contributed by atoms with E-state index in [2.05, 4.69) is 28.2 Å². The number of hydrogen-bond acceptors (Lipinski definition) is 2. The Bertz CT molecular complexity index is 333. The van der Waals surface area contributed by atoms with Gasteiger partial charge in [0.25, 0.3) is 0 Å². The SMILES string of the molecule is CCC(COC)NCc1cc(Br)ccc1F. The number of ether oxygens (including phenoxy) is 1. The Morgan fingerprint density at radius 3 is 2.88 bits per heavy atom. The molecule has 90 valence electrons. The Morgan fingerprint density at radius 1 is 1.50 bits per heavy atom. The Labute approximate surface area is 104 Å². The lowest BCUT2D eigenvalue weighted by Crippen LogP contribution is -2.32. The highest BCUT2D eigenvalue weighted by Gasteiger charge is 2.07. The first-order chi connectivity index (χ1) is 7.67. The van der Waals surface area contributed by atoms with E-state index in [9.17, 15) is 4.39 Å². The van der Waals surface area contributed by atoms with Gasteiger partial charge >= 0.3 is 0 Å². The van der Waals surface area contributed by atoms with Crippen molar-refractivity contribution in [2.24, 2.45) is 0 Å². The second kappa shape index (κ2) is 6.99. The number of methoxy groups -OCH3 is 1. The maximum absolute atomic E-state index is 13.4. The summed E-state index contributed by atoms with van der Waals surface area (Å²) in [5.41, 5.74) is 0.670. The molecule has 0 heterocycles. The molecule has 0 radical (unpaired) electrons. The molecule has 1 aromatic rings. The highest BCUT2D eigenvalue weighted by molar-refractivity contribution is 9.10. The van der Waals surface area contributed by atoms with Crippen LogP contribution in [0.1, 0.15) is 18.9 Å². The van der Waals surface area contributed by atoms with E-state index in [1.165, 1.54) is 6.07 Å². The van der Waals surface area contributed by atoms with E-state index in [1.54, 1.807) is 19.2 Å². The van der Waals surface area contributed by atoms with Gasteiger partial charge in [-0.3, -0.25) is 0 Å². The molecule has 1 unspecified atom stereocenters. The average molecular weight is 290 g/mol. The first kappa shape index (κ1) is 13.6. The highest BCUT2D eigenvalue weighted by atomic mass is 79.9. The van der Waals surface area contributed by atoms with Crippen LogP contribution >= 0.6 is 15.9 Å². The van der Waals surface area contributed by atoms with E-state index in [0.717, 1.165) is 10.9 Å². The molecule has 4 heteroatoms. The summed E-state index contributed by atoms with van der Waals surface area (Å²) in [7, 11) is 1.67. The first-order valence-corrected chi connectivity index (χ1v) is 6.13. The van der Waals surface area contributed by atoms with Gasteiger partial charge in [-0.25, -0.2) is 4.39 Å². The van der Waals surface area contributed by atoms with Crippen molar-refractivity contribution in [2.75, 3.05) is 13.7 Å². The molecule has 2 nitrogen and oxygen atoms in total. The molecule has 0 spiro atoms. The van der Waals surface area contributed by atoms with Crippen molar-refractivity contribution < 1.29 is 9.13 Å². The second-order valence-electron chi connectivity index (χ2n) is 3.68. The maximum Gasteiger partial charge on any atom is 0.127 e. The van der Waals surface area contributed by atoms with E-state index < -0.39 is 0 Å². The van der Waals surface area contributed by atoms with Crippen LogP contribution < -0.4 is 5.32 Å². The van der Waals surface area contributed by atoms with Crippen LogP contribution in [0, 0.1) is 5.82 Å². The smallest absolute Gasteiger partial charge is 0.127 e. The molecule has 0 saturated heterocycles. The Morgan fingerprint density at radius 2 is 2.25 bits per heavy atom. The molecule has 0 aliphatic heterocycles. The summed E-state index contributed by atoms with van der Waals surface area (Å²) in [6.07, 6.45) is 0.962. The average Bonchev–Trinajstić information content (AvgIpc) is 2.28. The summed E-state index contributed by atoms with van der Waals surface area (Å²) in [6, 6.07) is 5.23. The van der Waals surface area contributed by atoms with Gasteiger partial charge < -0.3 is 10.1 Å². The minimum atomic E-state index is -0.178. The minimum Gasteiger partial charge on any atom is -0.383 e. The molecule has 0 aliphatic carbocycles. The summed E-state index contributed by atoms with van der Waals surface area (Å²) in [5.74, 6) is -0.178. The molecule has 0 bridgehead atoms. The number of nitrogens with one attached hydrogen (secondary N) is 1. The fourth-order valence-electron chi connectivity index (χ4n) is 1.46. The van der Waals surface area contributed by atoms with Crippen LogP contribution in [0.3, 0.4) is 0 Å². The number of halogens is 2. The Hall–Kier alpha value is -0.450. The van der Waals surface area contributed by atoms with E-state index in [-0.39, 0.29) is 11.9 Å². The van der Waals surface area contributed by atoms with Crippen molar-refractivity contribution in [1.29, 1.82) is 0 Å². The molecular formula is C12H17BrFNO. The number of hydrogen-bond donors (Lipinski definition) is 1. The van der Waals surface area contributed by atoms with Gasteiger partial charge in [0.15, 0.2) is 0 Å². The van der Waals surface area contributed by atoms with Gasteiger partial charge in [0.1, 0.15) is 5.82 Å². The van der Waals surface area contributed by atoms with Gasteiger partial charge in [-0.05, 0) is 24.6 Å². The normalized spacial score (nSPS) is 12.8. The number of benzene rings is 1. The quantitative estimate of drug-likeness (QED) is 0.869. The zero-order valence-electron chi connectivity index (χ0n) is 9.59. The second-order valence-corrected chi connectivity index (χ2v) is 4.59. The Balaban J connectivity index is 2.55.